The predicted octanol–water partition coefficient (Wildman–Crippen LogP) is 1.63. The molecule has 2 aliphatic rings. The highest BCUT2D eigenvalue weighted by Gasteiger charge is 2.22. The molecule has 1 N–H and O–H groups in total. The molecular formula is C13H26N2O. The van der Waals surface area contributed by atoms with E-state index in [4.69, 9.17) is 4.74 Å². The summed E-state index contributed by atoms with van der Waals surface area (Å²) < 4.78 is 5.75. The fourth-order valence-electron chi connectivity index (χ4n) is 2.93. The fourth-order valence-corrected chi connectivity index (χ4v) is 2.93. The zero-order valence-electron chi connectivity index (χ0n) is 10.6. The maximum atomic E-state index is 5.75. The summed E-state index contributed by atoms with van der Waals surface area (Å²) in [6, 6.07) is 0.838. The third-order valence-corrected chi connectivity index (χ3v) is 3.96. The van der Waals surface area contributed by atoms with E-state index in [9.17, 15) is 0 Å². The molecule has 2 unspecified atom stereocenters. The molecule has 0 aliphatic carbocycles. The number of ether oxygens (including phenoxy) is 1. The molecule has 16 heavy (non-hydrogen) atoms. The van der Waals surface area contributed by atoms with Crippen LogP contribution in [0.3, 0.4) is 0 Å². The highest BCUT2D eigenvalue weighted by Crippen LogP contribution is 2.20. The molecule has 0 saturated carbocycles. The molecule has 94 valence electrons. The Bertz CT molecular complexity index is 192. The topological polar surface area (TPSA) is 24.5 Å². The monoisotopic (exact) mass is 226 g/mol. The molecule has 0 aromatic carbocycles. The molecule has 3 nitrogen and oxygen atoms in total. The molecule has 3 heteroatoms. The zero-order valence-corrected chi connectivity index (χ0v) is 10.6. The second-order valence-electron chi connectivity index (χ2n) is 5.08. The van der Waals surface area contributed by atoms with Crippen molar-refractivity contribution in [2.75, 3.05) is 32.8 Å². The van der Waals surface area contributed by atoms with Gasteiger partial charge in [0.25, 0.3) is 0 Å². The van der Waals surface area contributed by atoms with Crippen LogP contribution in [0.1, 0.15) is 39.0 Å². The van der Waals surface area contributed by atoms with Crippen LogP contribution in [0.15, 0.2) is 0 Å². The molecule has 0 amide bonds. The number of morpholine rings is 1. The van der Waals surface area contributed by atoms with Gasteiger partial charge in [0.1, 0.15) is 0 Å². The summed E-state index contributed by atoms with van der Waals surface area (Å²) in [7, 11) is 0. The molecule has 2 rings (SSSR count). The minimum absolute atomic E-state index is 0.452. The van der Waals surface area contributed by atoms with E-state index in [1.165, 1.54) is 45.2 Å². The lowest BCUT2D eigenvalue weighted by Crippen LogP contribution is -2.44. The van der Waals surface area contributed by atoms with Crippen LogP contribution in [0.4, 0.5) is 0 Å². The number of piperidine rings is 1. The van der Waals surface area contributed by atoms with Crippen molar-refractivity contribution in [1.82, 2.24) is 10.2 Å². The highest BCUT2D eigenvalue weighted by atomic mass is 16.5. The minimum Gasteiger partial charge on any atom is -0.376 e. The Morgan fingerprint density at radius 1 is 1.38 bits per heavy atom. The molecule has 0 aromatic heterocycles. The predicted molar refractivity (Wildman–Crippen MR) is 66.7 cm³/mol. The van der Waals surface area contributed by atoms with Gasteiger partial charge in [0.05, 0.1) is 12.7 Å². The van der Waals surface area contributed by atoms with Crippen molar-refractivity contribution in [1.29, 1.82) is 0 Å². The SMILES string of the molecule is CCC1CCCCN1CCC1CNCCO1. The summed E-state index contributed by atoms with van der Waals surface area (Å²) in [6.45, 7) is 7.81. The lowest BCUT2D eigenvalue weighted by atomic mass is 9.99. The molecular weight excluding hydrogens is 200 g/mol. The Balaban J connectivity index is 1.70. The van der Waals surface area contributed by atoms with Crippen molar-refractivity contribution in [3.05, 3.63) is 0 Å². The van der Waals surface area contributed by atoms with Crippen molar-refractivity contribution in [3.8, 4) is 0 Å². The number of rotatable bonds is 4. The summed E-state index contributed by atoms with van der Waals surface area (Å²) in [5, 5.41) is 3.40. The zero-order chi connectivity index (χ0) is 11.2. The van der Waals surface area contributed by atoms with Crippen LogP contribution < -0.4 is 5.32 Å². The van der Waals surface area contributed by atoms with Gasteiger partial charge >= 0.3 is 0 Å². The van der Waals surface area contributed by atoms with Crippen LogP contribution in [0.25, 0.3) is 0 Å². The van der Waals surface area contributed by atoms with Gasteiger partial charge in [0.15, 0.2) is 0 Å². The van der Waals surface area contributed by atoms with Gasteiger partial charge in [0, 0.05) is 25.7 Å². The highest BCUT2D eigenvalue weighted by molar-refractivity contribution is 4.77. The first-order valence-electron chi connectivity index (χ1n) is 6.96. The molecule has 2 aliphatic heterocycles. The van der Waals surface area contributed by atoms with Crippen LogP contribution in [0.5, 0.6) is 0 Å². The van der Waals surface area contributed by atoms with Crippen LogP contribution in [0.2, 0.25) is 0 Å². The van der Waals surface area contributed by atoms with Gasteiger partial charge in [0.2, 0.25) is 0 Å². The van der Waals surface area contributed by atoms with Gasteiger partial charge in [-0.3, -0.25) is 0 Å². The maximum Gasteiger partial charge on any atom is 0.0712 e. The van der Waals surface area contributed by atoms with Gasteiger partial charge in [-0.05, 0) is 32.2 Å². The summed E-state index contributed by atoms with van der Waals surface area (Å²) in [6.07, 6.45) is 7.18. The second-order valence-corrected chi connectivity index (χ2v) is 5.08. The fraction of sp³-hybridized carbons (Fsp3) is 1.00. The van der Waals surface area contributed by atoms with E-state index in [-0.39, 0.29) is 0 Å². The van der Waals surface area contributed by atoms with Crippen LogP contribution in [0, 0.1) is 0 Å². The van der Waals surface area contributed by atoms with E-state index in [0.717, 1.165) is 25.7 Å². The van der Waals surface area contributed by atoms with Crippen molar-refractivity contribution >= 4 is 0 Å². The number of nitrogens with one attached hydrogen (secondary N) is 1. The number of hydrogen-bond donors (Lipinski definition) is 1. The third-order valence-electron chi connectivity index (χ3n) is 3.96. The van der Waals surface area contributed by atoms with E-state index in [1.54, 1.807) is 0 Å². The Morgan fingerprint density at radius 2 is 2.31 bits per heavy atom. The van der Waals surface area contributed by atoms with E-state index in [2.05, 4.69) is 17.1 Å². The number of likely N-dealkylation sites (tertiary alicyclic amines) is 1. The van der Waals surface area contributed by atoms with Crippen molar-refractivity contribution in [2.24, 2.45) is 0 Å². The van der Waals surface area contributed by atoms with E-state index < -0.39 is 0 Å². The van der Waals surface area contributed by atoms with Gasteiger partial charge in [-0.25, -0.2) is 0 Å². The second kappa shape index (κ2) is 6.58. The molecule has 2 atom stereocenters. The van der Waals surface area contributed by atoms with Gasteiger partial charge in [-0.15, -0.1) is 0 Å². The lowest BCUT2D eigenvalue weighted by Gasteiger charge is -2.36. The van der Waals surface area contributed by atoms with Crippen molar-refractivity contribution < 1.29 is 4.74 Å². The van der Waals surface area contributed by atoms with E-state index >= 15 is 0 Å². The molecule has 0 bridgehead atoms. The van der Waals surface area contributed by atoms with E-state index in [0.29, 0.717) is 6.10 Å². The first-order chi connectivity index (χ1) is 7.90. The van der Waals surface area contributed by atoms with Crippen LogP contribution in [-0.2, 0) is 4.74 Å². The minimum atomic E-state index is 0.452. The molecule has 2 heterocycles. The largest absolute Gasteiger partial charge is 0.376 e. The van der Waals surface area contributed by atoms with E-state index in [1.807, 2.05) is 0 Å². The van der Waals surface area contributed by atoms with Crippen LogP contribution in [-0.4, -0.2) is 49.8 Å². The quantitative estimate of drug-likeness (QED) is 0.788. The van der Waals surface area contributed by atoms with Gasteiger partial charge < -0.3 is 15.0 Å². The third kappa shape index (κ3) is 3.44. The average Bonchev–Trinajstić information content (AvgIpc) is 2.38. The Hall–Kier alpha value is -0.120. The smallest absolute Gasteiger partial charge is 0.0712 e. The van der Waals surface area contributed by atoms with Crippen LogP contribution >= 0.6 is 0 Å². The first-order valence-corrected chi connectivity index (χ1v) is 6.96. The average molecular weight is 226 g/mol. The molecule has 0 radical (unpaired) electrons. The van der Waals surface area contributed by atoms with Gasteiger partial charge in [-0.1, -0.05) is 13.3 Å². The molecule has 2 fully saturated rings. The van der Waals surface area contributed by atoms with Crippen molar-refractivity contribution in [2.45, 2.75) is 51.2 Å². The van der Waals surface area contributed by atoms with Gasteiger partial charge in [-0.2, -0.15) is 0 Å². The standard InChI is InChI=1S/C13H26N2O/c1-2-12-5-3-4-8-15(12)9-6-13-11-14-7-10-16-13/h12-14H,2-11H2,1H3. The molecule has 2 saturated heterocycles. The molecule has 0 spiro atoms. The number of nitrogens with zero attached hydrogens (tertiary/aromatic N) is 1. The normalized spacial score (nSPS) is 32.8. The Labute approximate surface area is 99.5 Å². The Kier molecular flexibility index (Phi) is 5.07. The summed E-state index contributed by atoms with van der Waals surface area (Å²) in [4.78, 5) is 2.68. The summed E-state index contributed by atoms with van der Waals surface area (Å²) in [5.74, 6) is 0. The maximum absolute atomic E-state index is 5.75. The first kappa shape index (κ1) is 12.3. The molecule has 0 aromatic rings. The van der Waals surface area contributed by atoms with Crippen molar-refractivity contribution in [3.63, 3.8) is 0 Å². The Morgan fingerprint density at radius 3 is 3.06 bits per heavy atom. The lowest BCUT2D eigenvalue weighted by molar-refractivity contribution is 0.0117. The number of hydrogen-bond acceptors (Lipinski definition) is 3. The summed E-state index contributed by atoms with van der Waals surface area (Å²) in [5.41, 5.74) is 0. The summed E-state index contributed by atoms with van der Waals surface area (Å²) >= 11 is 0.